The molecule has 0 saturated carbocycles. The fourth-order valence-electron chi connectivity index (χ4n) is 1.86. The molecule has 0 spiro atoms. The van der Waals surface area contributed by atoms with Gasteiger partial charge in [-0.05, 0) is 49.2 Å². The Morgan fingerprint density at radius 3 is 2.39 bits per heavy atom. The topological polar surface area (TPSA) is 62.0 Å². The van der Waals surface area contributed by atoms with E-state index in [0.717, 1.165) is 16.8 Å². The van der Waals surface area contributed by atoms with Crippen LogP contribution in [-0.4, -0.2) is 17.2 Å². The van der Waals surface area contributed by atoms with Crippen molar-refractivity contribution in [2.75, 3.05) is 5.32 Å². The highest BCUT2D eigenvalue weighted by atomic mass is 16.2. The van der Waals surface area contributed by atoms with Crippen molar-refractivity contribution in [3.05, 3.63) is 52.8 Å². The highest BCUT2D eigenvalue weighted by Crippen LogP contribution is 2.14. The number of aldehydes is 1. The molecule has 4 heteroatoms. The third-order valence-corrected chi connectivity index (χ3v) is 2.56. The highest BCUT2D eigenvalue weighted by Gasteiger charge is 2.08. The molecule has 2 N–H and O–H groups in total. The molecule has 1 amide bonds. The maximum absolute atomic E-state index is 11.9. The van der Waals surface area contributed by atoms with Gasteiger partial charge in [0.05, 0.1) is 5.69 Å². The van der Waals surface area contributed by atoms with Crippen molar-refractivity contribution in [3.8, 4) is 0 Å². The zero-order valence-electron chi connectivity index (χ0n) is 10.3. The molecular weight excluding hydrogens is 228 g/mol. The second-order valence-electron chi connectivity index (χ2n) is 4.28. The number of amides is 1. The lowest BCUT2D eigenvalue weighted by Crippen LogP contribution is -2.12. The molecular formula is C14H14N2O2. The van der Waals surface area contributed by atoms with Crippen LogP contribution in [0.1, 0.15) is 32.1 Å². The minimum absolute atomic E-state index is 0.256. The highest BCUT2D eigenvalue weighted by molar-refractivity contribution is 6.03. The number of H-pyrrole nitrogens is 1. The number of aryl methyl sites for hydroxylation is 2. The summed E-state index contributed by atoms with van der Waals surface area (Å²) in [7, 11) is 0. The molecule has 0 fully saturated rings. The molecule has 4 nitrogen and oxygen atoms in total. The summed E-state index contributed by atoms with van der Waals surface area (Å²) in [5.74, 6) is -0.256. The molecule has 0 aliphatic rings. The summed E-state index contributed by atoms with van der Waals surface area (Å²) < 4.78 is 0. The van der Waals surface area contributed by atoms with E-state index in [4.69, 9.17) is 0 Å². The van der Waals surface area contributed by atoms with Crippen LogP contribution in [0.4, 0.5) is 5.69 Å². The van der Waals surface area contributed by atoms with Gasteiger partial charge in [-0.25, -0.2) is 0 Å². The summed E-state index contributed by atoms with van der Waals surface area (Å²) in [5.41, 5.74) is 3.69. The largest absolute Gasteiger partial charge is 0.348 e. The summed E-state index contributed by atoms with van der Waals surface area (Å²) >= 11 is 0. The molecule has 0 aliphatic heterocycles. The van der Waals surface area contributed by atoms with Crippen molar-refractivity contribution < 1.29 is 9.59 Å². The number of nitrogens with one attached hydrogen (secondary N) is 2. The number of aromatic nitrogens is 1. The minimum Gasteiger partial charge on any atom is -0.348 e. The summed E-state index contributed by atoms with van der Waals surface area (Å²) in [5, 5.41) is 2.79. The van der Waals surface area contributed by atoms with Gasteiger partial charge >= 0.3 is 0 Å². The van der Waals surface area contributed by atoms with E-state index in [2.05, 4.69) is 10.3 Å². The number of benzene rings is 1. The SMILES string of the molecule is Cc1cc(C)cc(NC(=O)c2ccc(C=O)[nH]2)c1. The van der Waals surface area contributed by atoms with Gasteiger partial charge in [-0.2, -0.15) is 0 Å². The Bertz CT molecular complexity index is 579. The average molecular weight is 242 g/mol. The van der Waals surface area contributed by atoms with Gasteiger partial charge in [-0.1, -0.05) is 6.07 Å². The number of carbonyl (C=O) groups excluding carboxylic acids is 2. The summed E-state index contributed by atoms with van der Waals surface area (Å²) in [6.07, 6.45) is 0.674. The molecule has 0 saturated heterocycles. The first-order valence-electron chi connectivity index (χ1n) is 5.62. The van der Waals surface area contributed by atoms with E-state index >= 15 is 0 Å². The standard InChI is InChI=1S/C14H14N2O2/c1-9-5-10(2)7-12(6-9)16-14(18)13-4-3-11(8-17)15-13/h3-8,15H,1-2H3,(H,16,18). The number of carbonyl (C=O) groups is 2. The monoisotopic (exact) mass is 242 g/mol. The smallest absolute Gasteiger partial charge is 0.272 e. The maximum Gasteiger partial charge on any atom is 0.272 e. The summed E-state index contributed by atoms with van der Waals surface area (Å²) in [6, 6.07) is 8.99. The molecule has 1 aromatic carbocycles. The zero-order valence-corrected chi connectivity index (χ0v) is 10.3. The number of anilines is 1. The van der Waals surface area contributed by atoms with Gasteiger partial charge in [0.2, 0.25) is 0 Å². The van der Waals surface area contributed by atoms with E-state index in [-0.39, 0.29) is 5.91 Å². The van der Waals surface area contributed by atoms with Crippen LogP contribution in [0.2, 0.25) is 0 Å². The number of hydrogen-bond acceptors (Lipinski definition) is 2. The zero-order chi connectivity index (χ0) is 13.1. The predicted octanol–water partition coefficient (Wildman–Crippen LogP) is 2.70. The van der Waals surface area contributed by atoms with Gasteiger partial charge in [-0.3, -0.25) is 9.59 Å². The van der Waals surface area contributed by atoms with Crippen molar-refractivity contribution in [1.29, 1.82) is 0 Å². The Kier molecular flexibility index (Phi) is 3.28. The van der Waals surface area contributed by atoms with Crippen LogP contribution in [0.15, 0.2) is 30.3 Å². The van der Waals surface area contributed by atoms with Gasteiger partial charge in [0.1, 0.15) is 5.69 Å². The Balaban J connectivity index is 2.18. The Morgan fingerprint density at radius 1 is 1.17 bits per heavy atom. The number of aromatic amines is 1. The Morgan fingerprint density at radius 2 is 1.83 bits per heavy atom. The van der Waals surface area contributed by atoms with Crippen LogP contribution < -0.4 is 5.32 Å². The normalized spacial score (nSPS) is 10.1. The minimum atomic E-state index is -0.256. The maximum atomic E-state index is 11.9. The van der Waals surface area contributed by atoms with E-state index in [0.29, 0.717) is 17.7 Å². The fraction of sp³-hybridized carbons (Fsp3) is 0.143. The van der Waals surface area contributed by atoms with E-state index < -0.39 is 0 Å². The molecule has 0 aliphatic carbocycles. The van der Waals surface area contributed by atoms with E-state index in [1.807, 2.05) is 32.0 Å². The molecule has 0 radical (unpaired) electrons. The molecule has 1 aromatic heterocycles. The van der Waals surface area contributed by atoms with E-state index in [1.165, 1.54) is 0 Å². The molecule has 2 rings (SSSR count). The van der Waals surface area contributed by atoms with Crippen molar-refractivity contribution in [1.82, 2.24) is 4.98 Å². The first-order valence-corrected chi connectivity index (χ1v) is 5.62. The van der Waals surface area contributed by atoms with Crippen LogP contribution in [0.5, 0.6) is 0 Å². The van der Waals surface area contributed by atoms with E-state index in [9.17, 15) is 9.59 Å². The van der Waals surface area contributed by atoms with Crippen molar-refractivity contribution in [2.24, 2.45) is 0 Å². The van der Waals surface area contributed by atoms with Crippen molar-refractivity contribution >= 4 is 17.9 Å². The third-order valence-electron chi connectivity index (χ3n) is 2.56. The van der Waals surface area contributed by atoms with Crippen LogP contribution in [0.3, 0.4) is 0 Å². The quantitative estimate of drug-likeness (QED) is 0.813. The second-order valence-corrected chi connectivity index (χ2v) is 4.28. The number of rotatable bonds is 3. The van der Waals surface area contributed by atoms with Crippen LogP contribution in [0, 0.1) is 13.8 Å². The van der Waals surface area contributed by atoms with Gasteiger partial charge in [0, 0.05) is 5.69 Å². The second kappa shape index (κ2) is 4.87. The molecule has 0 bridgehead atoms. The van der Waals surface area contributed by atoms with Gasteiger partial charge in [0.15, 0.2) is 6.29 Å². The van der Waals surface area contributed by atoms with Crippen LogP contribution in [0.25, 0.3) is 0 Å². The van der Waals surface area contributed by atoms with Crippen molar-refractivity contribution in [3.63, 3.8) is 0 Å². The molecule has 0 unspecified atom stereocenters. The average Bonchev–Trinajstić information content (AvgIpc) is 2.75. The summed E-state index contributed by atoms with van der Waals surface area (Å²) in [6.45, 7) is 3.95. The van der Waals surface area contributed by atoms with Gasteiger partial charge in [0.25, 0.3) is 5.91 Å². The van der Waals surface area contributed by atoms with Crippen LogP contribution in [-0.2, 0) is 0 Å². The predicted molar refractivity (Wildman–Crippen MR) is 70.0 cm³/mol. The summed E-state index contributed by atoms with van der Waals surface area (Å²) in [4.78, 5) is 25.2. The molecule has 0 atom stereocenters. The van der Waals surface area contributed by atoms with Gasteiger partial charge in [-0.15, -0.1) is 0 Å². The Labute approximate surface area is 105 Å². The van der Waals surface area contributed by atoms with Crippen LogP contribution >= 0.6 is 0 Å². The van der Waals surface area contributed by atoms with E-state index in [1.54, 1.807) is 12.1 Å². The lowest BCUT2D eigenvalue weighted by Gasteiger charge is -2.06. The lowest BCUT2D eigenvalue weighted by atomic mass is 10.1. The van der Waals surface area contributed by atoms with Gasteiger partial charge < -0.3 is 10.3 Å². The van der Waals surface area contributed by atoms with Crippen molar-refractivity contribution in [2.45, 2.75) is 13.8 Å². The first-order chi connectivity index (χ1) is 8.58. The molecule has 1 heterocycles. The molecule has 92 valence electrons. The number of hydrogen-bond donors (Lipinski definition) is 2. The fourth-order valence-corrected chi connectivity index (χ4v) is 1.86. The Hall–Kier alpha value is -2.36. The molecule has 2 aromatic rings. The lowest BCUT2D eigenvalue weighted by molar-refractivity contribution is 0.102. The third kappa shape index (κ3) is 2.66. The molecule has 18 heavy (non-hydrogen) atoms. The first kappa shape index (κ1) is 12.1.